The van der Waals surface area contributed by atoms with E-state index in [0.717, 1.165) is 26.1 Å². The number of rotatable bonds is 2. The average molecular weight is 218 g/mol. The van der Waals surface area contributed by atoms with E-state index in [0.29, 0.717) is 17.0 Å². The number of pyridine rings is 1. The van der Waals surface area contributed by atoms with Gasteiger partial charge in [-0.1, -0.05) is 0 Å². The molecule has 0 atom stereocenters. The first kappa shape index (κ1) is 9.78. The zero-order valence-electron chi connectivity index (χ0n) is 8.98. The first-order valence-electron chi connectivity index (χ1n) is 5.56. The maximum absolute atomic E-state index is 11.8. The molecule has 4 nitrogen and oxygen atoms in total. The monoisotopic (exact) mass is 218 g/mol. The Hall–Kier alpha value is -1.42. The molecule has 1 saturated carbocycles. The second-order valence-corrected chi connectivity index (χ2v) is 4.81. The quantitative estimate of drug-likeness (QED) is 0.805. The van der Waals surface area contributed by atoms with Crippen LogP contribution in [0.1, 0.15) is 23.2 Å². The van der Waals surface area contributed by atoms with Crippen molar-refractivity contribution in [3.63, 3.8) is 0 Å². The highest BCUT2D eigenvalue weighted by Crippen LogP contribution is 2.46. The van der Waals surface area contributed by atoms with E-state index in [1.54, 1.807) is 24.5 Å². The predicted molar refractivity (Wildman–Crippen MR) is 58.0 cm³/mol. The minimum absolute atomic E-state index is 0.0202. The molecule has 2 heterocycles. The summed E-state index contributed by atoms with van der Waals surface area (Å²) < 4.78 is 5.20. The molecule has 4 heteroatoms. The van der Waals surface area contributed by atoms with Crippen LogP contribution >= 0.6 is 0 Å². The molecule has 1 amide bonds. The van der Waals surface area contributed by atoms with Gasteiger partial charge >= 0.3 is 0 Å². The largest absolute Gasteiger partial charge is 0.380 e. The Morgan fingerprint density at radius 3 is 2.88 bits per heavy atom. The van der Waals surface area contributed by atoms with Gasteiger partial charge in [0, 0.05) is 23.9 Å². The summed E-state index contributed by atoms with van der Waals surface area (Å²) in [6, 6.07) is 3.87. The van der Waals surface area contributed by atoms with Crippen LogP contribution in [0, 0.1) is 5.41 Å². The topological polar surface area (TPSA) is 51.2 Å². The van der Waals surface area contributed by atoms with Crippen LogP contribution in [-0.4, -0.2) is 30.1 Å². The van der Waals surface area contributed by atoms with E-state index in [1.165, 1.54) is 0 Å². The van der Waals surface area contributed by atoms with Crippen LogP contribution in [0.25, 0.3) is 0 Å². The van der Waals surface area contributed by atoms with Gasteiger partial charge in [0.25, 0.3) is 5.91 Å². The lowest BCUT2D eigenvalue weighted by Crippen LogP contribution is -2.59. The van der Waals surface area contributed by atoms with E-state index >= 15 is 0 Å². The number of amides is 1. The molecule has 0 radical (unpaired) electrons. The number of ether oxygens (including phenoxy) is 1. The summed E-state index contributed by atoms with van der Waals surface area (Å²) in [5.41, 5.74) is 1.03. The molecule has 1 spiro atoms. The minimum Gasteiger partial charge on any atom is -0.380 e. The second-order valence-electron chi connectivity index (χ2n) is 4.81. The highest BCUT2D eigenvalue weighted by Gasteiger charge is 2.50. The number of carbonyl (C=O) groups is 1. The summed E-state index contributed by atoms with van der Waals surface area (Å²) in [5.74, 6) is -0.0202. The number of hydrogen-bond donors (Lipinski definition) is 1. The van der Waals surface area contributed by atoms with Crippen molar-refractivity contribution >= 4 is 5.91 Å². The molecule has 2 fully saturated rings. The summed E-state index contributed by atoms with van der Waals surface area (Å²) in [6.45, 7) is 1.73. The van der Waals surface area contributed by atoms with Gasteiger partial charge in [-0.05, 0) is 25.0 Å². The Morgan fingerprint density at radius 1 is 1.50 bits per heavy atom. The number of nitrogens with zero attached hydrogens (tertiary/aromatic N) is 1. The van der Waals surface area contributed by atoms with E-state index in [2.05, 4.69) is 10.3 Å². The number of hydrogen-bond acceptors (Lipinski definition) is 3. The van der Waals surface area contributed by atoms with Crippen LogP contribution in [0.2, 0.25) is 0 Å². The third-order valence-electron chi connectivity index (χ3n) is 3.43. The normalized spacial score (nSPS) is 22.2. The fourth-order valence-corrected chi connectivity index (χ4v) is 2.48. The number of aromatic nitrogens is 1. The van der Waals surface area contributed by atoms with Crippen molar-refractivity contribution in [2.75, 3.05) is 13.2 Å². The smallest absolute Gasteiger partial charge is 0.253 e. The van der Waals surface area contributed by atoms with Crippen molar-refractivity contribution in [2.45, 2.75) is 18.9 Å². The third-order valence-corrected chi connectivity index (χ3v) is 3.43. The van der Waals surface area contributed by atoms with E-state index < -0.39 is 0 Å². The molecule has 2 aliphatic rings. The highest BCUT2D eigenvalue weighted by molar-refractivity contribution is 5.94. The second kappa shape index (κ2) is 3.56. The predicted octanol–water partition coefficient (Wildman–Crippen LogP) is 0.990. The molecule has 16 heavy (non-hydrogen) atoms. The summed E-state index contributed by atoms with van der Waals surface area (Å²) in [4.78, 5) is 15.7. The fraction of sp³-hybridized carbons (Fsp3) is 0.500. The van der Waals surface area contributed by atoms with Gasteiger partial charge in [-0.25, -0.2) is 0 Å². The summed E-state index contributed by atoms with van der Waals surface area (Å²) in [7, 11) is 0. The Morgan fingerprint density at radius 2 is 2.31 bits per heavy atom. The molecule has 1 aromatic heterocycles. The lowest BCUT2D eigenvalue weighted by molar-refractivity contribution is -0.165. The van der Waals surface area contributed by atoms with Crippen molar-refractivity contribution < 1.29 is 9.53 Å². The Kier molecular flexibility index (Phi) is 2.17. The minimum atomic E-state index is -0.0202. The molecule has 3 rings (SSSR count). The number of nitrogens with one attached hydrogen (secondary N) is 1. The van der Waals surface area contributed by atoms with Crippen molar-refractivity contribution in [1.29, 1.82) is 0 Å². The van der Waals surface area contributed by atoms with Crippen molar-refractivity contribution in [3.05, 3.63) is 30.1 Å². The molecule has 1 saturated heterocycles. The lowest BCUT2D eigenvalue weighted by Gasteiger charge is -2.53. The molecular weight excluding hydrogens is 204 g/mol. The van der Waals surface area contributed by atoms with Crippen molar-refractivity contribution in [1.82, 2.24) is 10.3 Å². The van der Waals surface area contributed by atoms with E-state index in [4.69, 9.17) is 4.74 Å². The zero-order valence-corrected chi connectivity index (χ0v) is 8.98. The van der Waals surface area contributed by atoms with Crippen molar-refractivity contribution in [2.24, 2.45) is 5.41 Å². The Labute approximate surface area is 94.0 Å². The molecule has 1 aliphatic heterocycles. The molecule has 0 unspecified atom stereocenters. The van der Waals surface area contributed by atoms with E-state index in [1.807, 2.05) is 0 Å². The van der Waals surface area contributed by atoms with Gasteiger partial charge in [0.15, 0.2) is 0 Å². The summed E-state index contributed by atoms with van der Waals surface area (Å²) in [6.07, 6.45) is 5.37. The Balaban J connectivity index is 1.55. The van der Waals surface area contributed by atoms with Gasteiger partial charge < -0.3 is 10.1 Å². The standard InChI is InChI=1S/C12H14N2O2/c15-11(9-2-1-3-13-6-9)14-10-4-12(5-10)7-16-8-12/h1-3,6,10H,4-5,7-8H2,(H,14,15). The fourth-order valence-electron chi connectivity index (χ4n) is 2.48. The Bertz CT molecular complexity index is 393. The van der Waals surface area contributed by atoms with Gasteiger partial charge in [0.1, 0.15) is 0 Å². The van der Waals surface area contributed by atoms with Crippen LogP contribution in [0.5, 0.6) is 0 Å². The van der Waals surface area contributed by atoms with E-state index in [9.17, 15) is 4.79 Å². The summed E-state index contributed by atoms with van der Waals surface area (Å²) in [5, 5.41) is 3.02. The summed E-state index contributed by atoms with van der Waals surface area (Å²) >= 11 is 0. The van der Waals surface area contributed by atoms with Gasteiger partial charge in [0.05, 0.1) is 18.8 Å². The van der Waals surface area contributed by atoms with Crippen LogP contribution in [0.15, 0.2) is 24.5 Å². The lowest BCUT2D eigenvalue weighted by atomic mass is 9.64. The zero-order chi connectivity index (χ0) is 11.0. The van der Waals surface area contributed by atoms with Crippen LogP contribution in [-0.2, 0) is 4.74 Å². The molecule has 1 aromatic rings. The van der Waals surface area contributed by atoms with Crippen molar-refractivity contribution in [3.8, 4) is 0 Å². The molecule has 0 aromatic carbocycles. The maximum Gasteiger partial charge on any atom is 0.253 e. The molecule has 84 valence electrons. The molecular formula is C12H14N2O2. The molecule has 0 bridgehead atoms. The third kappa shape index (κ3) is 1.59. The number of carbonyl (C=O) groups excluding carboxylic acids is 1. The average Bonchev–Trinajstić information content (AvgIpc) is 2.21. The van der Waals surface area contributed by atoms with Crippen LogP contribution in [0.3, 0.4) is 0 Å². The first-order chi connectivity index (χ1) is 7.77. The van der Waals surface area contributed by atoms with Gasteiger partial charge in [-0.2, -0.15) is 0 Å². The molecule has 1 N–H and O–H groups in total. The van der Waals surface area contributed by atoms with Gasteiger partial charge in [-0.15, -0.1) is 0 Å². The SMILES string of the molecule is O=C(NC1CC2(COC2)C1)c1cccnc1. The van der Waals surface area contributed by atoms with Gasteiger partial charge in [-0.3, -0.25) is 9.78 Å². The van der Waals surface area contributed by atoms with E-state index in [-0.39, 0.29) is 5.91 Å². The van der Waals surface area contributed by atoms with Gasteiger partial charge in [0.2, 0.25) is 0 Å². The highest BCUT2D eigenvalue weighted by atomic mass is 16.5. The van der Waals surface area contributed by atoms with Crippen LogP contribution in [0.4, 0.5) is 0 Å². The van der Waals surface area contributed by atoms with Crippen LogP contribution < -0.4 is 5.32 Å². The maximum atomic E-state index is 11.8. The molecule has 1 aliphatic carbocycles. The first-order valence-corrected chi connectivity index (χ1v) is 5.56.